The van der Waals surface area contributed by atoms with Gasteiger partial charge in [0.1, 0.15) is 0 Å². The van der Waals surface area contributed by atoms with Gasteiger partial charge in [0, 0.05) is 31.7 Å². The Balaban J connectivity index is 1.81. The molecule has 0 aromatic rings. The van der Waals surface area contributed by atoms with E-state index >= 15 is 0 Å². The highest BCUT2D eigenvalue weighted by molar-refractivity contribution is 4.88. The lowest BCUT2D eigenvalue weighted by molar-refractivity contribution is -0.136. The molecule has 2 fully saturated rings. The van der Waals surface area contributed by atoms with Crippen LogP contribution in [-0.2, 0) is 4.74 Å². The molecule has 1 N–H and O–H groups in total. The van der Waals surface area contributed by atoms with E-state index in [-0.39, 0.29) is 5.60 Å². The Kier molecular flexibility index (Phi) is 3.57. The summed E-state index contributed by atoms with van der Waals surface area (Å²) in [6, 6.07) is 1.43. The number of nitrogens with zero attached hydrogens (tertiary/aromatic N) is 1. The zero-order valence-corrected chi connectivity index (χ0v) is 11.1. The average molecular weight is 226 g/mol. The number of hydrogen-bond acceptors (Lipinski definition) is 3. The molecule has 1 heterocycles. The summed E-state index contributed by atoms with van der Waals surface area (Å²) in [6.45, 7) is 12.1. The second-order valence-corrected chi connectivity index (χ2v) is 6.15. The van der Waals surface area contributed by atoms with Gasteiger partial charge in [-0.05, 0) is 40.5 Å². The predicted octanol–water partition coefficient (Wildman–Crippen LogP) is 1.63. The lowest BCUT2D eigenvalue weighted by atomic mass is 10.0. The summed E-state index contributed by atoms with van der Waals surface area (Å²) in [4.78, 5) is 2.56. The second kappa shape index (κ2) is 4.63. The van der Waals surface area contributed by atoms with Crippen molar-refractivity contribution in [1.29, 1.82) is 0 Å². The molecule has 0 spiro atoms. The van der Waals surface area contributed by atoms with Crippen LogP contribution in [0.15, 0.2) is 0 Å². The smallest absolute Gasteiger partial charge is 0.0757 e. The minimum atomic E-state index is 0.00546. The zero-order valence-electron chi connectivity index (χ0n) is 11.1. The molecule has 1 aliphatic heterocycles. The summed E-state index contributed by atoms with van der Waals surface area (Å²) in [6.07, 6.45) is 3.10. The standard InChI is InChI=1S/C13H26N2O/c1-10(7-14-12-5-6-12)15-8-11(2)16-13(3,4)9-15/h10-12,14H,5-9H2,1-4H3. The molecule has 2 unspecified atom stereocenters. The topological polar surface area (TPSA) is 24.5 Å². The van der Waals surface area contributed by atoms with Crippen molar-refractivity contribution in [1.82, 2.24) is 10.2 Å². The van der Waals surface area contributed by atoms with Gasteiger partial charge in [-0.2, -0.15) is 0 Å². The molecule has 1 saturated carbocycles. The van der Waals surface area contributed by atoms with Gasteiger partial charge in [0.15, 0.2) is 0 Å². The molecule has 0 radical (unpaired) electrons. The summed E-state index contributed by atoms with van der Waals surface area (Å²) in [7, 11) is 0. The molecule has 2 aliphatic rings. The third-order valence-electron chi connectivity index (χ3n) is 3.50. The van der Waals surface area contributed by atoms with Crippen LogP contribution in [0.25, 0.3) is 0 Å². The van der Waals surface area contributed by atoms with Gasteiger partial charge in [0.2, 0.25) is 0 Å². The van der Waals surface area contributed by atoms with Crippen LogP contribution in [0, 0.1) is 0 Å². The van der Waals surface area contributed by atoms with Crippen molar-refractivity contribution in [2.24, 2.45) is 0 Å². The molecular weight excluding hydrogens is 200 g/mol. The molecule has 2 atom stereocenters. The van der Waals surface area contributed by atoms with Crippen molar-refractivity contribution in [3.05, 3.63) is 0 Å². The van der Waals surface area contributed by atoms with Gasteiger partial charge in [-0.25, -0.2) is 0 Å². The fraction of sp³-hybridized carbons (Fsp3) is 1.00. The Labute approximate surface area is 99.5 Å². The largest absolute Gasteiger partial charge is 0.370 e. The van der Waals surface area contributed by atoms with Crippen LogP contribution in [0.2, 0.25) is 0 Å². The van der Waals surface area contributed by atoms with E-state index < -0.39 is 0 Å². The molecular formula is C13H26N2O. The van der Waals surface area contributed by atoms with Crippen molar-refractivity contribution in [3.63, 3.8) is 0 Å². The van der Waals surface area contributed by atoms with Gasteiger partial charge in [0.05, 0.1) is 11.7 Å². The molecule has 0 bridgehead atoms. The van der Waals surface area contributed by atoms with Gasteiger partial charge in [0.25, 0.3) is 0 Å². The number of nitrogens with one attached hydrogen (secondary N) is 1. The van der Waals surface area contributed by atoms with E-state index in [0.717, 1.165) is 25.7 Å². The monoisotopic (exact) mass is 226 g/mol. The summed E-state index contributed by atoms with van der Waals surface area (Å²) < 4.78 is 5.93. The van der Waals surface area contributed by atoms with Crippen LogP contribution in [0.3, 0.4) is 0 Å². The van der Waals surface area contributed by atoms with Crippen molar-refractivity contribution in [3.8, 4) is 0 Å². The van der Waals surface area contributed by atoms with Crippen molar-refractivity contribution in [2.75, 3.05) is 19.6 Å². The Morgan fingerprint density at radius 1 is 1.44 bits per heavy atom. The summed E-state index contributed by atoms with van der Waals surface area (Å²) in [5, 5.41) is 3.61. The van der Waals surface area contributed by atoms with Crippen LogP contribution < -0.4 is 5.32 Å². The minimum Gasteiger partial charge on any atom is -0.370 e. The number of rotatable bonds is 4. The molecule has 16 heavy (non-hydrogen) atoms. The normalized spacial score (nSPS) is 32.6. The van der Waals surface area contributed by atoms with Gasteiger partial charge in [-0.3, -0.25) is 4.90 Å². The Hall–Kier alpha value is -0.120. The first kappa shape index (κ1) is 12.3. The molecule has 0 aromatic carbocycles. The van der Waals surface area contributed by atoms with E-state index in [9.17, 15) is 0 Å². The third kappa shape index (κ3) is 3.44. The van der Waals surface area contributed by atoms with Crippen molar-refractivity contribution >= 4 is 0 Å². The van der Waals surface area contributed by atoms with Crippen LogP contribution in [0.4, 0.5) is 0 Å². The maximum atomic E-state index is 5.93. The number of morpholine rings is 1. The minimum absolute atomic E-state index is 0.00546. The van der Waals surface area contributed by atoms with Gasteiger partial charge < -0.3 is 10.1 Å². The molecule has 0 amide bonds. The van der Waals surface area contributed by atoms with Crippen molar-refractivity contribution in [2.45, 2.75) is 64.3 Å². The zero-order chi connectivity index (χ0) is 11.8. The van der Waals surface area contributed by atoms with E-state index in [1.807, 2.05) is 0 Å². The molecule has 1 aliphatic carbocycles. The SMILES string of the molecule is CC1CN(C(C)CNC2CC2)CC(C)(C)O1. The molecule has 94 valence electrons. The first-order valence-electron chi connectivity index (χ1n) is 6.61. The molecule has 0 aromatic heterocycles. The fourth-order valence-electron chi connectivity index (χ4n) is 2.59. The van der Waals surface area contributed by atoms with Crippen LogP contribution in [0.1, 0.15) is 40.5 Å². The van der Waals surface area contributed by atoms with E-state index in [4.69, 9.17) is 4.74 Å². The summed E-state index contributed by atoms with van der Waals surface area (Å²) in [5.74, 6) is 0. The fourth-order valence-corrected chi connectivity index (χ4v) is 2.59. The highest BCUT2D eigenvalue weighted by atomic mass is 16.5. The number of ether oxygens (including phenoxy) is 1. The lowest BCUT2D eigenvalue weighted by Crippen LogP contribution is -2.56. The van der Waals surface area contributed by atoms with Gasteiger partial charge in [-0.15, -0.1) is 0 Å². The predicted molar refractivity (Wildman–Crippen MR) is 66.7 cm³/mol. The average Bonchev–Trinajstić information content (AvgIpc) is 2.94. The third-order valence-corrected chi connectivity index (χ3v) is 3.50. The molecule has 3 nitrogen and oxygen atoms in total. The van der Waals surface area contributed by atoms with Gasteiger partial charge >= 0.3 is 0 Å². The maximum absolute atomic E-state index is 5.93. The van der Waals surface area contributed by atoms with Crippen molar-refractivity contribution < 1.29 is 4.74 Å². The Bertz CT molecular complexity index is 238. The molecule has 2 rings (SSSR count). The highest BCUT2D eigenvalue weighted by Gasteiger charge is 2.33. The van der Waals surface area contributed by atoms with E-state index in [2.05, 4.69) is 37.9 Å². The first-order valence-corrected chi connectivity index (χ1v) is 6.61. The lowest BCUT2D eigenvalue weighted by Gasteiger charge is -2.44. The Morgan fingerprint density at radius 3 is 2.69 bits per heavy atom. The molecule has 3 heteroatoms. The summed E-state index contributed by atoms with van der Waals surface area (Å²) >= 11 is 0. The first-order chi connectivity index (χ1) is 7.46. The van der Waals surface area contributed by atoms with Gasteiger partial charge in [-0.1, -0.05) is 0 Å². The maximum Gasteiger partial charge on any atom is 0.0757 e. The second-order valence-electron chi connectivity index (χ2n) is 6.15. The highest BCUT2D eigenvalue weighted by Crippen LogP contribution is 2.23. The van der Waals surface area contributed by atoms with Crippen LogP contribution in [0.5, 0.6) is 0 Å². The quantitative estimate of drug-likeness (QED) is 0.788. The van der Waals surface area contributed by atoms with E-state index in [1.54, 1.807) is 0 Å². The number of hydrogen-bond donors (Lipinski definition) is 1. The Morgan fingerprint density at radius 2 is 2.12 bits per heavy atom. The van der Waals surface area contributed by atoms with Crippen LogP contribution in [-0.4, -0.2) is 48.3 Å². The summed E-state index contributed by atoms with van der Waals surface area (Å²) in [5.41, 5.74) is 0.00546. The van der Waals surface area contributed by atoms with E-state index in [1.165, 1.54) is 12.8 Å². The molecule has 1 saturated heterocycles. The van der Waals surface area contributed by atoms with Crippen LogP contribution >= 0.6 is 0 Å². The van der Waals surface area contributed by atoms with E-state index in [0.29, 0.717) is 12.1 Å².